The van der Waals surface area contributed by atoms with E-state index in [4.69, 9.17) is 9.84 Å². The number of rotatable bonds is 5. The molecule has 1 aromatic heterocycles. The van der Waals surface area contributed by atoms with Gasteiger partial charge in [-0.1, -0.05) is 32.1 Å². The van der Waals surface area contributed by atoms with Gasteiger partial charge in [-0.2, -0.15) is 0 Å². The summed E-state index contributed by atoms with van der Waals surface area (Å²) < 4.78 is 5.57. The predicted molar refractivity (Wildman–Crippen MR) is 67.9 cm³/mol. The van der Waals surface area contributed by atoms with Crippen LogP contribution in [-0.4, -0.2) is 22.7 Å². The lowest BCUT2D eigenvalue weighted by Gasteiger charge is -2.21. The minimum absolute atomic E-state index is 0.171. The van der Waals surface area contributed by atoms with Crippen LogP contribution < -0.4 is 4.74 Å². The fourth-order valence-electron chi connectivity index (χ4n) is 2.43. The molecule has 1 N–H and O–H groups in total. The second-order valence-electron chi connectivity index (χ2n) is 4.86. The second-order valence-corrected chi connectivity index (χ2v) is 4.86. The van der Waals surface area contributed by atoms with Crippen LogP contribution in [0.15, 0.2) is 18.5 Å². The van der Waals surface area contributed by atoms with E-state index >= 15 is 0 Å². The number of carboxylic acids is 1. The molecule has 1 heterocycles. The molecule has 4 nitrogen and oxygen atoms in total. The van der Waals surface area contributed by atoms with Gasteiger partial charge in [0.2, 0.25) is 0 Å². The van der Waals surface area contributed by atoms with Crippen LogP contribution in [0.4, 0.5) is 0 Å². The molecule has 0 unspecified atom stereocenters. The van der Waals surface area contributed by atoms with Gasteiger partial charge in [0.25, 0.3) is 0 Å². The normalized spacial score (nSPS) is 16.4. The maximum absolute atomic E-state index is 10.8. The molecule has 0 radical (unpaired) electrons. The van der Waals surface area contributed by atoms with Gasteiger partial charge in [-0.3, -0.25) is 4.98 Å². The first-order chi connectivity index (χ1) is 8.75. The van der Waals surface area contributed by atoms with Crippen molar-refractivity contribution in [1.29, 1.82) is 0 Å². The highest BCUT2D eigenvalue weighted by Crippen LogP contribution is 2.26. The van der Waals surface area contributed by atoms with Crippen LogP contribution in [0.1, 0.15) is 48.9 Å². The van der Waals surface area contributed by atoms with Gasteiger partial charge < -0.3 is 9.84 Å². The molecule has 0 spiro atoms. The maximum Gasteiger partial charge on any atom is 0.337 e. The summed E-state index contributed by atoms with van der Waals surface area (Å²) in [6, 6.07) is 1.52. The Morgan fingerprint density at radius 3 is 2.83 bits per heavy atom. The van der Waals surface area contributed by atoms with Gasteiger partial charge in [-0.05, 0) is 18.4 Å². The van der Waals surface area contributed by atoms with Crippen LogP contribution in [0.5, 0.6) is 5.75 Å². The molecular weight excluding hydrogens is 230 g/mol. The quantitative estimate of drug-likeness (QED) is 0.871. The first-order valence-corrected chi connectivity index (χ1v) is 6.57. The first kappa shape index (κ1) is 12.9. The minimum Gasteiger partial charge on any atom is -0.492 e. The molecule has 1 aliphatic carbocycles. The summed E-state index contributed by atoms with van der Waals surface area (Å²) in [4.78, 5) is 14.6. The van der Waals surface area contributed by atoms with Gasteiger partial charge in [-0.15, -0.1) is 0 Å². The van der Waals surface area contributed by atoms with Crippen molar-refractivity contribution in [2.75, 3.05) is 6.61 Å². The van der Waals surface area contributed by atoms with Crippen molar-refractivity contribution in [1.82, 2.24) is 4.98 Å². The maximum atomic E-state index is 10.8. The number of nitrogens with zero attached hydrogens (tertiary/aromatic N) is 1. The van der Waals surface area contributed by atoms with Crippen LogP contribution in [0.25, 0.3) is 0 Å². The van der Waals surface area contributed by atoms with Crippen molar-refractivity contribution >= 4 is 5.97 Å². The lowest BCUT2D eigenvalue weighted by atomic mass is 9.87. The number of hydrogen-bond donors (Lipinski definition) is 1. The molecule has 98 valence electrons. The summed E-state index contributed by atoms with van der Waals surface area (Å²) in [5.74, 6) is 0.348. The van der Waals surface area contributed by atoms with Crippen molar-refractivity contribution in [2.24, 2.45) is 5.92 Å². The third-order valence-electron chi connectivity index (χ3n) is 3.48. The Morgan fingerprint density at radius 1 is 1.33 bits per heavy atom. The summed E-state index contributed by atoms with van der Waals surface area (Å²) in [6.07, 6.45) is 10.6. The fraction of sp³-hybridized carbons (Fsp3) is 0.571. The zero-order valence-corrected chi connectivity index (χ0v) is 10.5. The Kier molecular flexibility index (Phi) is 4.56. The number of hydrogen-bond acceptors (Lipinski definition) is 3. The first-order valence-electron chi connectivity index (χ1n) is 6.57. The summed E-state index contributed by atoms with van der Waals surface area (Å²) in [5, 5.41) is 8.84. The Bertz CT molecular complexity index is 400. The van der Waals surface area contributed by atoms with Gasteiger partial charge in [0.05, 0.1) is 18.4 Å². The number of aromatic carboxylic acids is 1. The highest BCUT2D eigenvalue weighted by atomic mass is 16.5. The molecule has 4 heteroatoms. The van der Waals surface area contributed by atoms with Crippen molar-refractivity contribution in [3.63, 3.8) is 0 Å². The Labute approximate surface area is 107 Å². The summed E-state index contributed by atoms with van der Waals surface area (Å²) >= 11 is 0. The molecule has 0 aliphatic heterocycles. The van der Waals surface area contributed by atoms with E-state index < -0.39 is 5.97 Å². The average molecular weight is 249 g/mol. The van der Waals surface area contributed by atoms with E-state index in [1.807, 2.05) is 0 Å². The summed E-state index contributed by atoms with van der Waals surface area (Å²) in [7, 11) is 0. The predicted octanol–water partition coefficient (Wildman–Crippen LogP) is 3.13. The number of carbonyl (C=O) groups is 1. The topological polar surface area (TPSA) is 59.4 Å². The summed E-state index contributed by atoms with van der Waals surface area (Å²) in [5.41, 5.74) is 0.171. The smallest absolute Gasteiger partial charge is 0.337 e. The van der Waals surface area contributed by atoms with Crippen LogP contribution >= 0.6 is 0 Å². The third kappa shape index (κ3) is 3.72. The molecule has 0 atom stereocenters. The lowest BCUT2D eigenvalue weighted by Crippen LogP contribution is -2.11. The van der Waals surface area contributed by atoms with E-state index in [0.29, 0.717) is 12.4 Å². The Hall–Kier alpha value is -1.58. The highest BCUT2D eigenvalue weighted by Gasteiger charge is 2.13. The highest BCUT2D eigenvalue weighted by molar-refractivity contribution is 5.87. The average Bonchev–Trinajstić information content (AvgIpc) is 2.40. The number of ether oxygens (including phenoxy) is 1. The molecule has 1 aliphatic rings. The van der Waals surface area contributed by atoms with Gasteiger partial charge in [0.1, 0.15) is 5.75 Å². The molecule has 0 amide bonds. The van der Waals surface area contributed by atoms with E-state index in [9.17, 15) is 4.79 Å². The van der Waals surface area contributed by atoms with E-state index in [1.54, 1.807) is 6.20 Å². The third-order valence-corrected chi connectivity index (χ3v) is 3.48. The van der Waals surface area contributed by atoms with Crippen molar-refractivity contribution < 1.29 is 14.6 Å². The van der Waals surface area contributed by atoms with E-state index in [1.165, 1.54) is 44.4 Å². The van der Waals surface area contributed by atoms with Crippen LogP contribution in [0.2, 0.25) is 0 Å². The molecule has 0 aromatic carbocycles. The minimum atomic E-state index is -0.972. The molecular formula is C14H19NO3. The molecule has 0 bridgehead atoms. The van der Waals surface area contributed by atoms with Crippen LogP contribution in [-0.2, 0) is 0 Å². The zero-order valence-electron chi connectivity index (χ0n) is 10.5. The lowest BCUT2D eigenvalue weighted by molar-refractivity contribution is 0.0696. The molecule has 0 saturated heterocycles. The van der Waals surface area contributed by atoms with E-state index in [2.05, 4.69) is 4.98 Å². The monoisotopic (exact) mass is 249 g/mol. The fourth-order valence-corrected chi connectivity index (χ4v) is 2.43. The van der Waals surface area contributed by atoms with Gasteiger partial charge in [0.15, 0.2) is 0 Å². The van der Waals surface area contributed by atoms with Crippen LogP contribution in [0, 0.1) is 5.92 Å². The molecule has 18 heavy (non-hydrogen) atoms. The summed E-state index contributed by atoms with van der Waals surface area (Å²) in [6.45, 7) is 0.648. The second kappa shape index (κ2) is 6.38. The van der Waals surface area contributed by atoms with Crippen LogP contribution in [0.3, 0.4) is 0 Å². The van der Waals surface area contributed by atoms with Gasteiger partial charge in [0, 0.05) is 6.20 Å². The molecule has 1 aromatic rings. The largest absolute Gasteiger partial charge is 0.492 e. The zero-order chi connectivity index (χ0) is 12.8. The van der Waals surface area contributed by atoms with Gasteiger partial charge in [-0.25, -0.2) is 4.79 Å². The van der Waals surface area contributed by atoms with Crippen molar-refractivity contribution in [2.45, 2.75) is 38.5 Å². The molecule has 1 saturated carbocycles. The van der Waals surface area contributed by atoms with Crippen molar-refractivity contribution in [3.8, 4) is 5.75 Å². The number of carboxylic acid groups (broad SMARTS) is 1. The standard InChI is InChI=1S/C14H19NO3/c16-14(17)12-8-13(10-15-9-12)18-7-6-11-4-2-1-3-5-11/h8-11H,1-7H2,(H,16,17). The molecule has 1 fully saturated rings. The number of aromatic nitrogens is 1. The van der Waals surface area contributed by atoms with E-state index in [0.717, 1.165) is 12.3 Å². The number of pyridine rings is 1. The van der Waals surface area contributed by atoms with Gasteiger partial charge >= 0.3 is 5.97 Å². The SMILES string of the molecule is O=C(O)c1cncc(OCCC2CCCCC2)c1. The Morgan fingerprint density at radius 2 is 2.11 bits per heavy atom. The van der Waals surface area contributed by atoms with Crippen molar-refractivity contribution in [3.05, 3.63) is 24.0 Å². The van der Waals surface area contributed by atoms with E-state index in [-0.39, 0.29) is 5.56 Å². The molecule has 2 rings (SSSR count). The Balaban J connectivity index is 1.78.